The standard InChI is InChI=1S/C19H10N4O4/c20-11-14-9-12-1-2-13(18-21-7-8-27-18)10-17(12)22(19(14)24)15-3-5-16(6-4-15)23(25)26/h1-10H. The number of nitriles is 1. The first kappa shape index (κ1) is 16.2. The van der Waals surface area contributed by atoms with Gasteiger partial charge in [-0.15, -0.1) is 0 Å². The normalized spacial score (nSPS) is 10.6. The Morgan fingerprint density at radius 3 is 2.56 bits per heavy atom. The molecule has 2 heterocycles. The van der Waals surface area contributed by atoms with Gasteiger partial charge in [0.25, 0.3) is 11.2 Å². The van der Waals surface area contributed by atoms with E-state index in [2.05, 4.69) is 4.98 Å². The summed E-state index contributed by atoms with van der Waals surface area (Å²) in [6, 6.07) is 14.2. The monoisotopic (exact) mass is 358 g/mol. The van der Waals surface area contributed by atoms with Gasteiger partial charge < -0.3 is 4.42 Å². The van der Waals surface area contributed by atoms with Gasteiger partial charge in [-0.1, -0.05) is 6.07 Å². The van der Waals surface area contributed by atoms with Crippen molar-refractivity contribution in [2.45, 2.75) is 0 Å². The van der Waals surface area contributed by atoms with Crippen LogP contribution in [0, 0.1) is 21.4 Å². The van der Waals surface area contributed by atoms with E-state index in [1.165, 1.54) is 47.4 Å². The lowest BCUT2D eigenvalue weighted by atomic mass is 10.1. The van der Waals surface area contributed by atoms with Crippen molar-refractivity contribution in [1.82, 2.24) is 9.55 Å². The summed E-state index contributed by atoms with van der Waals surface area (Å²) in [5, 5.41) is 20.8. The molecule has 27 heavy (non-hydrogen) atoms. The predicted octanol–water partition coefficient (Wildman–Crippen LogP) is 3.43. The van der Waals surface area contributed by atoms with Crippen molar-refractivity contribution >= 4 is 16.6 Å². The Morgan fingerprint density at radius 1 is 1.15 bits per heavy atom. The highest BCUT2D eigenvalue weighted by atomic mass is 16.6. The zero-order valence-corrected chi connectivity index (χ0v) is 13.7. The number of oxazole rings is 1. The van der Waals surface area contributed by atoms with Crippen LogP contribution < -0.4 is 5.56 Å². The Morgan fingerprint density at radius 2 is 1.93 bits per heavy atom. The summed E-state index contributed by atoms with van der Waals surface area (Å²) in [6.07, 6.45) is 2.96. The molecule has 8 heteroatoms. The van der Waals surface area contributed by atoms with Crippen LogP contribution in [0.15, 0.2) is 70.2 Å². The van der Waals surface area contributed by atoms with Crippen LogP contribution in [0.5, 0.6) is 0 Å². The number of hydrogen-bond acceptors (Lipinski definition) is 6. The molecule has 0 saturated carbocycles. The largest absolute Gasteiger partial charge is 0.445 e. The highest BCUT2D eigenvalue weighted by molar-refractivity contribution is 5.85. The topological polar surface area (TPSA) is 115 Å². The van der Waals surface area contributed by atoms with Crippen molar-refractivity contribution in [3.05, 3.63) is 87.0 Å². The summed E-state index contributed by atoms with van der Waals surface area (Å²) in [6.45, 7) is 0. The summed E-state index contributed by atoms with van der Waals surface area (Å²) in [7, 11) is 0. The molecule has 2 aromatic heterocycles. The molecule has 0 aliphatic heterocycles. The Hall–Kier alpha value is -4.25. The van der Waals surface area contributed by atoms with E-state index in [0.29, 0.717) is 28.0 Å². The zero-order chi connectivity index (χ0) is 19.0. The molecule has 0 aliphatic rings. The Kier molecular flexibility index (Phi) is 3.75. The number of rotatable bonds is 3. The van der Waals surface area contributed by atoms with Gasteiger partial charge in [-0.3, -0.25) is 19.5 Å². The summed E-state index contributed by atoms with van der Waals surface area (Å²) in [5.74, 6) is 0.393. The molecule has 2 aromatic carbocycles. The molecule has 0 bridgehead atoms. The number of nitro groups is 1. The van der Waals surface area contributed by atoms with Gasteiger partial charge in [0.15, 0.2) is 0 Å². The summed E-state index contributed by atoms with van der Waals surface area (Å²) in [5.41, 5.74) is 0.981. The molecule has 0 radical (unpaired) electrons. The van der Waals surface area contributed by atoms with E-state index in [9.17, 15) is 20.2 Å². The lowest BCUT2D eigenvalue weighted by molar-refractivity contribution is -0.384. The van der Waals surface area contributed by atoms with Crippen LogP contribution in [-0.2, 0) is 0 Å². The van der Waals surface area contributed by atoms with Gasteiger partial charge in [-0.2, -0.15) is 5.26 Å². The first-order chi connectivity index (χ1) is 13.1. The number of nitrogens with zero attached hydrogens (tertiary/aromatic N) is 4. The second-order valence-corrected chi connectivity index (χ2v) is 5.69. The molecule has 0 aliphatic carbocycles. The van der Waals surface area contributed by atoms with Crippen molar-refractivity contribution < 1.29 is 9.34 Å². The van der Waals surface area contributed by atoms with Crippen LogP contribution in [0.2, 0.25) is 0 Å². The van der Waals surface area contributed by atoms with E-state index < -0.39 is 10.5 Å². The minimum atomic E-state index is -0.517. The molecule has 4 aromatic rings. The fourth-order valence-corrected chi connectivity index (χ4v) is 2.87. The first-order valence-corrected chi connectivity index (χ1v) is 7.83. The number of non-ortho nitro benzene ring substituents is 1. The molecule has 130 valence electrons. The fourth-order valence-electron chi connectivity index (χ4n) is 2.87. The SMILES string of the molecule is N#Cc1cc2ccc(-c3ncco3)cc2n(-c2ccc([N+](=O)[O-])cc2)c1=O. The molecule has 0 N–H and O–H groups in total. The average Bonchev–Trinajstić information content (AvgIpc) is 3.22. The summed E-state index contributed by atoms with van der Waals surface area (Å²) >= 11 is 0. The minimum Gasteiger partial charge on any atom is -0.445 e. The molecule has 4 rings (SSSR count). The Labute approximate surface area is 151 Å². The van der Waals surface area contributed by atoms with Crippen LogP contribution >= 0.6 is 0 Å². The van der Waals surface area contributed by atoms with Gasteiger partial charge in [0.05, 0.1) is 16.6 Å². The average molecular weight is 358 g/mol. The maximum Gasteiger partial charge on any atom is 0.273 e. The smallest absolute Gasteiger partial charge is 0.273 e. The molecular formula is C19H10N4O4. The van der Waals surface area contributed by atoms with Gasteiger partial charge >= 0.3 is 0 Å². The number of benzene rings is 2. The molecule has 0 atom stereocenters. The van der Waals surface area contributed by atoms with Crippen LogP contribution in [0.4, 0.5) is 5.69 Å². The maximum atomic E-state index is 12.8. The number of aromatic nitrogens is 2. The van der Waals surface area contributed by atoms with E-state index in [4.69, 9.17) is 4.42 Å². The van der Waals surface area contributed by atoms with Gasteiger partial charge in [0, 0.05) is 28.8 Å². The summed E-state index contributed by atoms with van der Waals surface area (Å²) < 4.78 is 6.66. The van der Waals surface area contributed by atoms with Gasteiger partial charge in [-0.25, -0.2) is 4.98 Å². The van der Waals surface area contributed by atoms with Gasteiger partial charge in [-0.05, 0) is 30.3 Å². The third kappa shape index (κ3) is 2.73. The second kappa shape index (κ2) is 6.24. The Bertz CT molecular complexity index is 1270. The van der Waals surface area contributed by atoms with Crippen molar-refractivity contribution in [3.8, 4) is 23.2 Å². The molecule has 0 amide bonds. The lowest BCUT2D eigenvalue weighted by Gasteiger charge is -2.12. The third-order valence-electron chi connectivity index (χ3n) is 4.12. The quantitative estimate of drug-likeness (QED) is 0.409. The van der Waals surface area contributed by atoms with Crippen LogP contribution in [0.25, 0.3) is 28.0 Å². The van der Waals surface area contributed by atoms with E-state index in [1.807, 2.05) is 6.07 Å². The van der Waals surface area contributed by atoms with Crippen molar-refractivity contribution in [2.75, 3.05) is 0 Å². The van der Waals surface area contributed by atoms with E-state index in [-0.39, 0.29) is 11.3 Å². The molecule has 8 nitrogen and oxygen atoms in total. The lowest BCUT2D eigenvalue weighted by Crippen LogP contribution is -2.21. The highest BCUT2D eigenvalue weighted by Gasteiger charge is 2.14. The van der Waals surface area contributed by atoms with E-state index in [1.54, 1.807) is 18.2 Å². The van der Waals surface area contributed by atoms with Gasteiger partial charge in [0.1, 0.15) is 17.9 Å². The van der Waals surface area contributed by atoms with Crippen molar-refractivity contribution in [3.63, 3.8) is 0 Å². The van der Waals surface area contributed by atoms with Crippen LogP contribution in [0.3, 0.4) is 0 Å². The van der Waals surface area contributed by atoms with Gasteiger partial charge in [0.2, 0.25) is 5.89 Å². The number of pyridine rings is 1. The maximum absolute atomic E-state index is 12.8. The summed E-state index contributed by atoms with van der Waals surface area (Å²) in [4.78, 5) is 27.3. The predicted molar refractivity (Wildman–Crippen MR) is 96.4 cm³/mol. The molecular weight excluding hydrogens is 348 g/mol. The van der Waals surface area contributed by atoms with Crippen molar-refractivity contribution in [2.24, 2.45) is 0 Å². The second-order valence-electron chi connectivity index (χ2n) is 5.69. The minimum absolute atomic E-state index is 0.0234. The third-order valence-corrected chi connectivity index (χ3v) is 4.12. The first-order valence-electron chi connectivity index (χ1n) is 7.83. The Balaban J connectivity index is 2.02. The number of nitro benzene ring substituents is 1. The molecule has 0 fully saturated rings. The number of hydrogen-bond donors (Lipinski definition) is 0. The molecule has 0 spiro atoms. The number of fused-ring (bicyclic) bond motifs is 1. The van der Waals surface area contributed by atoms with Crippen molar-refractivity contribution in [1.29, 1.82) is 5.26 Å². The zero-order valence-electron chi connectivity index (χ0n) is 13.7. The van der Waals surface area contributed by atoms with E-state index in [0.717, 1.165) is 0 Å². The molecule has 0 unspecified atom stereocenters. The highest BCUT2D eigenvalue weighted by Crippen LogP contribution is 2.25. The van der Waals surface area contributed by atoms with Crippen LogP contribution in [-0.4, -0.2) is 14.5 Å². The molecule has 0 saturated heterocycles. The van der Waals surface area contributed by atoms with E-state index >= 15 is 0 Å². The fraction of sp³-hybridized carbons (Fsp3) is 0. The van der Waals surface area contributed by atoms with Crippen LogP contribution in [0.1, 0.15) is 5.56 Å².